The molecule has 80 valence electrons. The number of nitrogens with one attached hydrogen (secondary N) is 1. The molecule has 3 N–H and O–H groups in total. The Bertz CT molecular complexity index is 653. The molecular formula is C11H10N4O. The van der Waals surface area contributed by atoms with Gasteiger partial charge >= 0.3 is 0 Å². The molecule has 3 aromatic rings. The molecule has 5 heteroatoms. The minimum Gasteiger partial charge on any atom is -0.436 e. The number of oxazole rings is 1. The monoisotopic (exact) mass is 214 g/mol. The van der Waals surface area contributed by atoms with Crippen LogP contribution in [-0.2, 0) is 0 Å². The molecule has 0 spiro atoms. The highest BCUT2D eigenvalue weighted by Gasteiger charge is 2.11. The van der Waals surface area contributed by atoms with Crippen molar-refractivity contribution < 1.29 is 4.42 Å². The second kappa shape index (κ2) is 3.10. The van der Waals surface area contributed by atoms with Gasteiger partial charge in [-0.15, -0.1) is 0 Å². The maximum absolute atomic E-state index is 5.68. The lowest BCUT2D eigenvalue weighted by Gasteiger charge is -1.89. The number of nitrogens with two attached hydrogens (primary N) is 1. The summed E-state index contributed by atoms with van der Waals surface area (Å²) in [5.74, 6) is 0.562. The summed E-state index contributed by atoms with van der Waals surface area (Å²) in [6.45, 7) is 1.92. The number of aryl methyl sites for hydroxylation is 1. The van der Waals surface area contributed by atoms with E-state index in [9.17, 15) is 0 Å². The summed E-state index contributed by atoms with van der Waals surface area (Å²) in [6.07, 6.45) is 1.70. The van der Waals surface area contributed by atoms with Gasteiger partial charge in [-0.25, -0.2) is 4.98 Å². The van der Waals surface area contributed by atoms with Gasteiger partial charge < -0.3 is 10.2 Å². The molecule has 0 bridgehead atoms. The molecule has 0 saturated heterocycles. The van der Waals surface area contributed by atoms with E-state index in [0.29, 0.717) is 11.6 Å². The number of hydrogen-bond donors (Lipinski definition) is 2. The largest absolute Gasteiger partial charge is 0.436 e. The average Bonchev–Trinajstić information content (AvgIpc) is 2.82. The summed E-state index contributed by atoms with van der Waals surface area (Å²) in [5.41, 5.74) is 9.65. The van der Waals surface area contributed by atoms with Gasteiger partial charge in [-0.1, -0.05) is 0 Å². The molecule has 0 unspecified atom stereocenters. The molecule has 3 rings (SSSR count). The number of nitrogen functional groups attached to an aromatic ring is 1. The third-order valence-electron chi connectivity index (χ3n) is 2.47. The molecule has 16 heavy (non-hydrogen) atoms. The summed E-state index contributed by atoms with van der Waals surface area (Å²) in [6, 6.07) is 5.40. The lowest BCUT2D eigenvalue weighted by Crippen LogP contribution is -1.82. The molecule has 2 aromatic heterocycles. The van der Waals surface area contributed by atoms with E-state index in [1.54, 1.807) is 18.3 Å². The van der Waals surface area contributed by atoms with Crippen LogP contribution in [0.15, 0.2) is 28.8 Å². The first-order chi connectivity index (χ1) is 7.74. The number of anilines is 1. The van der Waals surface area contributed by atoms with Gasteiger partial charge in [-0.3, -0.25) is 5.10 Å². The third-order valence-corrected chi connectivity index (χ3v) is 2.47. The summed E-state index contributed by atoms with van der Waals surface area (Å²) in [7, 11) is 0. The Morgan fingerprint density at radius 3 is 3.00 bits per heavy atom. The summed E-state index contributed by atoms with van der Waals surface area (Å²) >= 11 is 0. The first-order valence-electron chi connectivity index (χ1n) is 4.90. The maximum atomic E-state index is 5.68. The number of hydrogen-bond acceptors (Lipinski definition) is 4. The molecule has 0 amide bonds. The lowest BCUT2D eigenvalue weighted by molar-refractivity contribution is 0.619. The first kappa shape index (κ1) is 8.96. The van der Waals surface area contributed by atoms with Crippen molar-refractivity contribution in [3.8, 4) is 11.5 Å². The minimum atomic E-state index is 0.562. The van der Waals surface area contributed by atoms with Crippen LogP contribution in [0.1, 0.15) is 5.69 Å². The van der Waals surface area contributed by atoms with Crippen LogP contribution in [-0.4, -0.2) is 15.2 Å². The molecule has 0 fully saturated rings. The van der Waals surface area contributed by atoms with Crippen LogP contribution in [0.5, 0.6) is 0 Å². The zero-order chi connectivity index (χ0) is 11.1. The predicted molar refractivity (Wildman–Crippen MR) is 60.7 cm³/mol. The normalized spacial score (nSPS) is 11.1. The number of benzene rings is 1. The van der Waals surface area contributed by atoms with Crippen LogP contribution in [0.2, 0.25) is 0 Å². The van der Waals surface area contributed by atoms with E-state index < -0.39 is 0 Å². The van der Waals surface area contributed by atoms with Gasteiger partial charge in [-0.2, -0.15) is 5.10 Å². The van der Waals surface area contributed by atoms with E-state index >= 15 is 0 Å². The van der Waals surface area contributed by atoms with Crippen LogP contribution in [0.3, 0.4) is 0 Å². The predicted octanol–water partition coefficient (Wildman–Crippen LogP) is 2.11. The molecular weight excluding hydrogens is 204 g/mol. The number of H-pyrrole nitrogens is 1. The molecule has 1 aromatic carbocycles. The second-order valence-corrected chi connectivity index (χ2v) is 3.65. The van der Waals surface area contributed by atoms with E-state index in [4.69, 9.17) is 10.2 Å². The number of aromatic amines is 1. The molecule has 0 aliphatic heterocycles. The van der Waals surface area contributed by atoms with E-state index in [1.165, 1.54) is 0 Å². The molecule has 0 saturated carbocycles. The van der Waals surface area contributed by atoms with Crippen LogP contribution in [0.25, 0.3) is 22.6 Å². The van der Waals surface area contributed by atoms with Crippen LogP contribution in [0, 0.1) is 6.92 Å². The van der Waals surface area contributed by atoms with Gasteiger partial charge in [0.25, 0.3) is 0 Å². The Morgan fingerprint density at radius 1 is 1.38 bits per heavy atom. The Labute approximate surface area is 91.3 Å². The van der Waals surface area contributed by atoms with E-state index in [1.807, 2.05) is 13.0 Å². The summed E-state index contributed by atoms with van der Waals surface area (Å²) in [4.78, 5) is 4.37. The number of aromatic nitrogens is 3. The Kier molecular flexibility index (Phi) is 1.73. The standard InChI is InChI=1S/C11H10N4O/c1-6-8(5-13-15-6)11-14-9-4-7(12)2-3-10(9)16-11/h2-5H,12H2,1H3,(H,13,15). The summed E-state index contributed by atoms with van der Waals surface area (Å²) in [5, 5.41) is 6.78. The molecule has 0 aliphatic carbocycles. The van der Waals surface area contributed by atoms with Crippen LogP contribution in [0.4, 0.5) is 5.69 Å². The molecule has 0 aliphatic rings. The van der Waals surface area contributed by atoms with Gasteiger partial charge in [0.1, 0.15) is 5.52 Å². The van der Waals surface area contributed by atoms with E-state index in [2.05, 4.69) is 15.2 Å². The Balaban J connectivity index is 2.23. The zero-order valence-corrected chi connectivity index (χ0v) is 8.69. The van der Waals surface area contributed by atoms with Crippen molar-refractivity contribution in [1.29, 1.82) is 0 Å². The quantitative estimate of drug-likeness (QED) is 0.608. The third kappa shape index (κ3) is 1.25. The second-order valence-electron chi connectivity index (χ2n) is 3.65. The van der Waals surface area contributed by atoms with Crippen molar-refractivity contribution in [1.82, 2.24) is 15.2 Å². The van der Waals surface area contributed by atoms with Crippen molar-refractivity contribution in [2.45, 2.75) is 6.92 Å². The van der Waals surface area contributed by atoms with E-state index in [-0.39, 0.29) is 0 Å². The topological polar surface area (TPSA) is 80.7 Å². The highest BCUT2D eigenvalue weighted by molar-refractivity contribution is 5.79. The van der Waals surface area contributed by atoms with Crippen LogP contribution < -0.4 is 5.73 Å². The fourth-order valence-electron chi connectivity index (χ4n) is 1.63. The van der Waals surface area contributed by atoms with Crippen molar-refractivity contribution >= 4 is 16.8 Å². The van der Waals surface area contributed by atoms with Crippen molar-refractivity contribution in [2.24, 2.45) is 0 Å². The molecule has 0 atom stereocenters. The first-order valence-corrected chi connectivity index (χ1v) is 4.90. The smallest absolute Gasteiger partial charge is 0.230 e. The highest BCUT2D eigenvalue weighted by Crippen LogP contribution is 2.26. The van der Waals surface area contributed by atoms with Gasteiger partial charge in [0, 0.05) is 11.4 Å². The summed E-state index contributed by atoms with van der Waals surface area (Å²) < 4.78 is 5.62. The van der Waals surface area contributed by atoms with Gasteiger partial charge in [0.05, 0.1) is 11.8 Å². The van der Waals surface area contributed by atoms with E-state index in [0.717, 1.165) is 22.4 Å². The number of nitrogens with zero attached hydrogens (tertiary/aromatic N) is 2. The fraction of sp³-hybridized carbons (Fsp3) is 0.0909. The van der Waals surface area contributed by atoms with Gasteiger partial charge in [0.2, 0.25) is 5.89 Å². The molecule has 5 nitrogen and oxygen atoms in total. The van der Waals surface area contributed by atoms with Crippen molar-refractivity contribution in [3.63, 3.8) is 0 Å². The van der Waals surface area contributed by atoms with Crippen LogP contribution >= 0.6 is 0 Å². The minimum absolute atomic E-state index is 0.562. The van der Waals surface area contributed by atoms with Crippen molar-refractivity contribution in [3.05, 3.63) is 30.1 Å². The molecule has 0 radical (unpaired) electrons. The zero-order valence-electron chi connectivity index (χ0n) is 8.69. The number of fused-ring (bicyclic) bond motifs is 1. The molecule has 2 heterocycles. The van der Waals surface area contributed by atoms with Gasteiger partial charge in [0.15, 0.2) is 5.58 Å². The van der Waals surface area contributed by atoms with Gasteiger partial charge in [-0.05, 0) is 25.1 Å². The highest BCUT2D eigenvalue weighted by atomic mass is 16.3. The lowest BCUT2D eigenvalue weighted by atomic mass is 10.3. The SMILES string of the molecule is Cc1[nH]ncc1-c1nc2cc(N)ccc2o1. The van der Waals surface area contributed by atoms with Crippen molar-refractivity contribution in [2.75, 3.05) is 5.73 Å². The number of rotatable bonds is 1. The Morgan fingerprint density at radius 2 is 2.25 bits per heavy atom. The average molecular weight is 214 g/mol. The maximum Gasteiger partial charge on any atom is 0.230 e. The fourth-order valence-corrected chi connectivity index (χ4v) is 1.63. The Hall–Kier alpha value is -2.30.